The highest BCUT2D eigenvalue weighted by Gasteiger charge is 2.11. The Labute approximate surface area is 118 Å². The van der Waals surface area contributed by atoms with E-state index in [-0.39, 0.29) is 0 Å². The van der Waals surface area contributed by atoms with Crippen LogP contribution < -0.4 is 5.73 Å². The number of aryl methyl sites for hydroxylation is 1. The number of benzene rings is 2. The standard InChI is InChI=1S/C17H15NO2/c1-13-7-10-15(11-8-13)16(20-17(18)19)12-9-14-5-3-2-4-6-14/h2-8,10-11,16H,1H3,(H2,18,19). The first kappa shape index (κ1) is 13.7. The first-order valence-corrected chi connectivity index (χ1v) is 6.24. The molecule has 2 N–H and O–H groups in total. The molecule has 0 bridgehead atoms. The minimum Gasteiger partial charge on any atom is -0.428 e. The molecule has 0 aromatic heterocycles. The lowest BCUT2D eigenvalue weighted by molar-refractivity contribution is 0.134. The predicted molar refractivity (Wildman–Crippen MR) is 77.9 cm³/mol. The van der Waals surface area contributed by atoms with Gasteiger partial charge in [-0.1, -0.05) is 53.9 Å². The van der Waals surface area contributed by atoms with Crippen LogP contribution in [0.4, 0.5) is 4.79 Å². The van der Waals surface area contributed by atoms with E-state index in [9.17, 15) is 4.79 Å². The average Bonchev–Trinajstić information content (AvgIpc) is 2.45. The molecule has 0 spiro atoms. The molecule has 0 saturated carbocycles. The van der Waals surface area contributed by atoms with Gasteiger partial charge in [0.1, 0.15) is 0 Å². The lowest BCUT2D eigenvalue weighted by Gasteiger charge is -2.11. The largest absolute Gasteiger partial charge is 0.428 e. The molecule has 3 nitrogen and oxygen atoms in total. The zero-order chi connectivity index (χ0) is 14.4. The van der Waals surface area contributed by atoms with Crippen LogP contribution in [0.3, 0.4) is 0 Å². The second-order valence-electron chi connectivity index (χ2n) is 4.36. The Bertz CT molecular complexity index is 636. The van der Waals surface area contributed by atoms with Crippen LogP contribution in [0, 0.1) is 18.8 Å². The molecule has 1 amide bonds. The predicted octanol–water partition coefficient (Wildman–Crippen LogP) is 3.18. The summed E-state index contributed by atoms with van der Waals surface area (Å²) in [5, 5.41) is 0. The van der Waals surface area contributed by atoms with Gasteiger partial charge in [0.15, 0.2) is 6.10 Å². The van der Waals surface area contributed by atoms with Gasteiger partial charge < -0.3 is 10.5 Å². The van der Waals surface area contributed by atoms with Crippen molar-refractivity contribution < 1.29 is 9.53 Å². The minimum absolute atomic E-state index is 0.659. The van der Waals surface area contributed by atoms with E-state index < -0.39 is 12.2 Å². The number of carbonyl (C=O) groups is 1. The molecule has 0 aliphatic rings. The Kier molecular flexibility index (Phi) is 4.41. The smallest absolute Gasteiger partial charge is 0.406 e. The highest BCUT2D eigenvalue weighted by Crippen LogP contribution is 2.17. The zero-order valence-electron chi connectivity index (χ0n) is 11.2. The van der Waals surface area contributed by atoms with E-state index in [1.807, 2.05) is 61.5 Å². The van der Waals surface area contributed by atoms with Crippen molar-refractivity contribution >= 4 is 6.09 Å². The van der Waals surface area contributed by atoms with Gasteiger partial charge in [0.25, 0.3) is 0 Å². The van der Waals surface area contributed by atoms with Crippen molar-refractivity contribution in [2.24, 2.45) is 5.73 Å². The van der Waals surface area contributed by atoms with E-state index in [1.165, 1.54) is 0 Å². The van der Waals surface area contributed by atoms with Crippen LogP contribution in [-0.4, -0.2) is 6.09 Å². The summed E-state index contributed by atoms with van der Waals surface area (Å²) in [5.41, 5.74) is 7.89. The van der Waals surface area contributed by atoms with Crippen molar-refractivity contribution in [1.29, 1.82) is 0 Å². The maximum absolute atomic E-state index is 11.0. The summed E-state index contributed by atoms with van der Waals surface area (Å²) in [6, 6.07) is 17.1. The molecule has 1 atom stereocenters. The fourth-order valence-corrected chi connectivity index (χ4v) is 1.71. The summed E-state index contributed by atoms with van der Waals surface area (Å²) >= 11 is 0. The monoisotopic (exact) mass is 265 g/mol. The highest BCUT2D eigenvalue weighted by molar-refractivity contribution is 5.65. The molecule has 20 heavy (non-hydrogen) atoms. The first-order chi connectivity index (χ1) is 9.65. The van der Waals surface area contributed by atoms with Crippen molar-refractivity contribution in [2.75, 3.05) is 0 Å². The molecule has 100 valence electrons. The van der Waals surface area contributed by atoms with Crippen molar-refractivity contribution in [3.8, 4) is 11.8 Å². The number of hydrogen-bond acceptors (Lipinski definition) is 2. The van der Waals surface area contributed by atoms with Gasteiger partial charge in [0, 0.05) is 11.1 Å². The Hall–Kier alpha value is -2.73. The summed E-state index contributed by atoms with van der Waals surface area (Å²) < 4.78 is 5.06. The quantitative estimate of drug-likeness (QED) is 0.848. The minimum atomic E-state index is -0.835. The number of primary amides is 1. The van der Waals surface area contributed by atoms with Crippen molar-refractivity contribution in [3.63, 3.8) is 0 Å². The maximum Gasteiger partial charge on any atom is 0.406 e. The molecule has 2 aromatic carbocycles. The van der Waals surface area contributed by atoms with E-state index in [0.29, 0.717) is 0 Å². The lowest BCUT2D eigenvalue weighted by atomic mass is 10.1. The Morgan fingerprint density at radius 1 is 1.10 bits per heavy atom. The molecule has 0 aliphatic carbocycles. The van der Waals surface area contributed by atoms with Crippen LogP contribution in [0.15, 0.2) is 54.6 Å². The molecule has 1 unspecified atom stereocenters. The Balaban J connectivity index is 2.27. The second kappa shape index (κ2) is 6.44. The van der Waals surface area contributed by atoms with E-state index in [0.717, 1.165) is 16.7 Å². The SMILES string of the molecule is Cc1ccc(C(C#Cc2ccccc2)OC(N)=O)cc1. The number of carbonyl (C=O) groups excluding carboxylic acids is 1. The fraction of sp³-hybridized carbons (Fsp3) is 0.118. The van der Waals surface area contributed by atoms with Crippen LogP contribution in [-0.2, 0) is 4.74 Å². The van der Waals surface area contributed by atoms with Gasteiger partial charge in [-0.2, -0.15) is 0 Å². The fourth-order valence-electron chi connectivity index (χ4n) is 1.71. The molecule has 0 aliphatic heterocycles. The van der Waals surface area contributed by atoms with E-state index in [2.05, 4.69) is 11.8 Å². The average molecular weight is 265 g/mol. The van der Waals surface area contributed by atoms with Crippen LogP contribution in [0.5, 0.6) is 0 Å². The molecule has 2 aromatic rings. The van der Waals surface area contributed by atoms with Crippen LogP contribution in [0.1, 0.15) is 22.8 Å². The van der Waals surface area contributed by atoms with Crippen molar-refractivity contribution in [1.82, 2.24) is 0 Å². The number of rotatable bonds is 2. The third-order valence-corrected chi connectivity index (χ3v) is 2.74. The third-order valence-electron chi connectivity index (χ3n) is 2.74. The second-order valence-corrected chi connectivity index (χ2v) is 4.36. The maximum atomic E-state index is 11.0. The summed E-state index contributed by atoms with van der Waals surface area (Å²) in [6.45, 7) is 1.99. The topological polar surface area (TPSA) is 52.3 Å². The van der Waals surface area contributed by atoms with Gasteiger partial charge in [-0.05, 0) is 25.0 Å². The molecule has 2 rings (SSSR count). The van der Waals surface area contributed by atoms with Gasteiger partial charge in [-0.15, -0.1) is 0 Å². The zero-order valence-corrected chi connectivity index (χ0v) is 11.2. The molecule has 0 saturated heterocycles. The molecule has 0 heterocycles. The Morgan fingerprint density at radius 2 is 1.75 bits per heavy atom. The van der Waals surface area contributed by atoms with Crippen LogP contribution >= 0.6 is 0 Å². The number of hydrogen-bond donors (Lipinski definition) is 1. The number of ether oxygens (including phenoxy) is 1. The van der Waals surface area contributed by atoms with Crippen LogP contribution in [0.25, 0.3) is 0 Å². The van der Waals surface area contributed by atoms with E-state index in [4.69, 9.17) is 10.5 Å². The molecular weight excluding hydrogens is 250 g/mol. The van der Waals surface area contributed by atoms with Crippen molar-refractivity contribution in [3.05, 3.63) is 71.3 Å². The lowest BCUT2D eigenvalue weighted by Crippen LogP contribution is -2.16. The number of nitrogens with two attached hydrogens (primary N) is 1. The molecule has 3 heteroatoms. The summed E-state index contributed by atoms with van der Waals surface area (Å²) in [4.78, 5) is 11.0. The number of amides is 1. The molecule has 0 radical (unpaired) electrons. The van der Waals surface area contributed by atoms with Crippen LogP contribution in [0.2, 0.25) is 0 Å². The normalized spacial score (nSPS) is 11.1. The van der Waals surface area contributed by atoms with Gasteiger partial charge in [0.05, 0.1) is 0 Å². The molecular formula is C17H15NO2. The van der Waals surface area contributed by atoms with Gasteiger partial charge in [0.2, 0.25) is 0 Å². The van der Waals surface area contributed by atoms with Gasteiger partial charge >= 0.3 is 6.09 Å². The van der Waals surface area contributed by atoms with E-state index >= 15 is 0 Å². The summed E-state index contributed by atoms with van der Waals surface area (Å²) in [5.74, 6) is 5.91. The third kappa shape index (κ3) is 3.89. The highest BCUT2D eigenvalue weighted by atomic mass is 16.6. The van der Waals surface area contributed by atoms with Gasteiger partial charge in [-0.25, -0.2) is 4.79 Å². The van der Waals surface area contributed by atoms with Crippen molar-refractivity contribution in [2.45, 2.75) is 13.0 Å². The molecule has 0 fully saturated rings. The first-order valence-electron chi connectivity index (χ1n) is 6.24. The summed E-state index contributed by atoms with van der Waals surface area (Å²) in [6.07, 6.45) is -1.49. The van der Waals surface area contributed by atoms with E-state index in [1.54, 1.807) is 0 Å². The van der Waals surface area contributed by atoms with Gasteiger partial charge in [-0.3, -0.25) is 0 Å². The summed E-state index contributed by atoms with van der Waals surface area (Å²) in [7, 11) is 0. The Morgan fingerprint density at radius 3 is 2.35 bits per heavy atom.